The minimum absolute atomic E-state index is 0.0913. The van der Waals surface area contributed by atoms with Gasteiger partial charge in [-0.2, -0.15) is 0 Å². The molecule has 3 saturated heterocycles. The minimum atomic E-state index is -1.31. The molecule has 2 N–H and O–H groups in total. The molecule has 12 heteroatoms. The largest absolute Gasteiger partial charge is 0.477 e. The van der Waals surface area contributed by atoms with E-state index < -0.39 is 40.9 Å². The molecule has 3 amide bonds. The van der Waals surface area contributed by atoms with Gasteiger partial charge in [0.15, 0.2) is 0 Å². The van der Waals surface area contributed by atoms with Crippen molar-refractivity contribution in [1.29, 1.82) is 0 Å². The molecule has 4 aliphatic heterocycles. The molecule has 0 spiro atoms. The van der Waals surface area contributed by atoms with Gasteiger partial charge < -0.3 is 15.1 Å². The topological polar surface area (TPSA) is 162 Å². The van der Waals surface area contributed by atoms with Crippen LogP contribution in [0.25, 0.3) is 0 Å². The van der Waals surface area contributed by atoms with Crippen LogP contribution in [0.4, 0.5) is 16.2 Å². The lowest BCUT2D eigenvalue weighted by Gasteiger charge is -2.52. The van der Waals surface area contributed by atoms with Gasteiger partial charge >= 0.3 is 12.1 Å². The van der Waals surface area contributed by atoms with E-state index in [1.807, 2.05) is 0 Å². The summed E-state index contributed by atoms with van der Waals surface area (Å²) < 4.78 is 0. The van der Waals surface area contributed by atoms with E-state index in [0.29, 0.717) is 29.7 Å². The molecule has 1 aromatic carbocycles. The molecule has 3 atom stereocenters. The maximum atomic E-state index is 13.1. The fraction of sp³-hybridized carbons (Fsp3) is 0.333. The molecule has 1 aromatic rings. The number of allylic oxidation sites excluding steroid dienone is 1. The van der Waals surface area contributed by atoms with Crippen LogP contribution in [0, 0.1) is 16.0 Å². The van der Waals surface area contributed by atoms with Gasteiger partial charge in [0.25, 0.3) is 17.5 Å². The quantitative estimate of drug-likeness (QED) is 0.297. The lowest BCUT2D eigenvalue weighted by molar-refractivity contribution is -0.384. The van der Waals surface area contributed by atoms with Crippen LogP contribution in [0.1, 0.15) is 12.8 Å². The molecular weight excluding hydrogens is 436 g/mol. The summed E-state index contributed by atoms with van der Waals surface area (Å²) in [6, 6.07) is 4.18. The van der Waals surface area contributed by atoms with E-state index in [9.17, 15) is 39.5 Å². The SMILES string of the molecule is O=C(O)C1=C(/C=C2\CCN(c3cccc([N+](=O)[O-])c3)C2=O)C2CCN(C(=O)O)[C@@H]3C(=O)N1[C@H]23. The van der Waals surface area contributed by atoms with Gasteiger partial charge in [-0.25, -0.2) is 9.59 Å². The van der Waals surface area contributed by atoms with Gasteiger partial charge in [0, 0.05) is 36.7 Å². The molecule has 33 heavy (non-hydrogen) atoms. The second kappa shape index (κ2) is 7.15. The molecule has 0 bridgehead atoms. The monoisotopic (exact) mass is 454 g/mol. The molecule has 5 rings (SSSR count). The van der Waals surface area contributed by atoms with E-state index in [2.05, 4.69) is 0 Å². The van der Waals surface area contributed by atoms with Gasteiger partial charge in [-0.1, -0.05) is 6.07 Å². The van der Waals surface area contributed by atoms with Crippen LogP contribution in [-0.2, 0) is 14.4 Å². The van der Waals surface area contributed by atoms with Gasteiger partial charge in [-0.15, -0.1) is 0 Å². The molecule has 0 radical (unpaired) electrons. The summed E-state index contributed by atoms with van der Waals surface area (Å²) in [6.45, 7) is 0.363. The van der Waals surface area contributed by atoms with Crippen molar-refractivity contribution in [2.45, 2.75) is 24.9 Å². The Labute approximate surface area is 186 Å². The fourth-order valence-electron chi connectivity index (χ4n) is 5.29. The molecule has 0 saturated carbocycles. The first-order valence-electron chi connectivity index (χ1n) is 10.3. The maximum Gasteiger partial charge on any atom is 0.408 e. The van der Waals surface area contributed by atoms with Gasteiger partial charge in [0.2, 0.25) is 0 Å². The lowest BCUT2D eigenvalue weighted by atomic mass is 9.78. The Balaban J connectivity index is 1.48. The molecule has 12 nitrogen and oxygen atoms in total. The van der Waals surface area contributed by atoms with E-state index in [0.717, 1.165) is 9.80 Å². The third-order valence-corrected chi connectivity index (χ3v) is 6.71. The Hall–Kier alpha value is -4.22. The first-order valence-corrected chi connectivity index (χ1v) is 10.3. The maximum absolute atomic E-state index is 13.1. The summed E-state index contributed by atoms with van der Waals surface area (Å²) >= 11 is 0. The summed E-state index contributed by atoms with van der Waals surface area (Å²) in [7, 11) is 0. The van der Waals surface area contributed by atoms with Crippen LogP contribution in [-0.4, -0.2) is 74.0 Å². The standard InChI is InChI=1S/C21H18N4O8/c26-18-10(4-6-22(18)11-2-1-3-12(9-11)25(32)33)8-14-13-5-7-23(21(30)31)17-15(13)24(19(17)27)16(14)20(28)29/h1-3,8-9,13,15,17H,4-7H2,(H,28,29)(H,30,31)/b10-8+/t13?,15-,17+/m1/s1. The normalized spacial score (nSPS) is 27.2. The van der Waals surface area contributed by atoms with Crippen molar-refractivity contribution < 1.29 is 34.3 Å². The summed E-state index contributed by atoms with van der Waals surface area (Å²) in [5.41, 5.74) is 0.682. The molecular formula is C21H18N4O8. The first-order chi connectivity index (χ1) is 15.7. The van der Waals surface area contributed by atoms with Crippen LogP contribution in [0.3, 0.4) is 0 Å². The van der Waals surface area contributed by atoms with Gasteiger partial charge in [-0.3, -0.25) is 29.5 Å². The number of carboxylic acids is 1. The van der Waals surface area contributed by atoms with Crippen molar-refractivity contribution >= 4 is 35.3 Å². The zero-order valence-electron chi connectivity index (χ0n) is 17.1. The number of β-lactam (4-membered cyclic amide) rings is 1. The second-order valence-electron chi connectivity index (χ2n) is 8.28. The molecule has 4 aliphatic rings. The highest BCUT2D eigenvalue weighted by molar-refractivity contribution is 6.09. The van der Waals surface area contributed by atoms with Gasteiger partial charge in [0.05, 0.1) is 16.7 Å². The number of likely N-dealkylation sites (tertiary alicyclic amines) is 1. The van der Waals surface area contributed by atoms with Crippen LogP contribution in [0.15, 0.2) is 47.2 Å². The highest BCUT2D eigenvalue weighted by atomic mass is 16.6. The van der Waals surface area contributed by atoms with Gasteiger partial charge in [-0.05, 0) is 30.6 Å². The molecule has 170 valence electrons. The van der Waals surface area contributed by atoms with E-state index in [4.69, 9.17) is 0 Å². The van der Waals surface area contributed by atoms with E-state index in [-0.39, 0.29) is 30.4 Å². The van der Waals surface area contributed by atoms with Crippen molar-refractivity contribution in [1.82, 2.24) is 9.80 Å². The number of carbonyl (C=O) groups is 4. The Bertz CT molecular complexity index is 1200. The van der Waals surface area contributed by atoms with Crippen LogP contribution in [0.2, 0.25) is 0 Å². The summed E-state index contributed by atoms with van der Waals surface area (Å²) in [4.78, 5) is 63.3. The zero-order chi connectivity index (χ0) is 23.6. The third kappa shape index (κ3) is 2.90. The van der Waals surface area contributed by atoms with Crippen LogP contribution in [0.5, 0.6) is 0 Å². The number of benzene rings is 1. The highest BCUT2D eigenvalue weighted by Crippen LogP contribution is 2.49. The Kier molecular flexibility index (Phi) is 4.48. The van der Waals surface area contributed by atoms with Gasteiger partial charge in [0.1, 0.15) is 11.7 Å². The number of carbonyl (C=O) groups excluding carboxylic acids is 2. The number of non-ortho nitro benzene ring substituents is 1. The summed E-state index contributed by atoms with van der Waals surface area (Å²) in [5.74, 6) is -2.67. The number of amides is 3. The lowest BCUT2D eigenvalue weighted by Crippen LogP contribution is -2.73. The number of hydrogen-bond donors (Lipinski definition) is 2. The second-order valence-corrected chi connectivity index (χ2v) is 8.28. The number of piperidine rings is 1. The first kappa shape index (κ1) is 20.7. The smallest absolute Gasteiger partial charge is 0.408 e. The minimum Gasteiger partial charge on any atom is -0.477 e. The number of nitrogens with zero attached hydrogens (tertiary/aromatic N) is 4. The number of nitro benzene ring substituents is 1. The predicted molar refractivity (Wildman–Crippen MR) is 110 cm³/mol. The summed E-state index contributed by atoms with van der Waals surface area (Å²) in [6.07, 6.45) is 0.908. The van der Waals surface area contributed by atoms with Crippen molar-refractivity contribution in [3.63, 3.8) is 0 Å². The van der Waals surface area contributed by atoms with E-state index >= 15 is 0 Å². The van der Waals surface area contributed by atoms with E-state index in [1.54, 1.807) is 6.07 Å². The van der Waals surface area contributed by atoms with Crippen LogP contribution < -0.4 is 4.90 Å². The van der Waals surface area contributed by atoms with E-state index in [1.165, 1.54) is 29.2 Å². The Morgan fingerprint density at radius 3 is 2.61 bits per heavy atom. The number of nitro groups is 1. The Morgan fingerprint density at radius 2 is 1.94 bits per heavy atom. The van der Waals surface area contributed by atoms with Crippen LogP contribution >= 0.6 is 0 Å². The number of carboxylic acid groups (broad SMARTS) is 2. The molecule has 4 heterocycles. The van der Waals surface area contributed by atoms with Crippen molar-refractivity contribution in [2.24, 2.45) is 5.92 Å². The predicted octanol–water partition coefficient (Wildman–Crippen LogP) is 1.19. The average molecular weight is 454 g/mol. The van der Waals surface area contributed by atoms with Crippen molar-refractivity contribution in [3.05, 3.63) is 57.3 Å². The Morgan fingerprint density at radius 1 is 1.18 bits per heavy atom. The summed E-state index contributed by atoms with van der Waals surface area (Å²) in [5, 5.41) is 30.3. The zero-order valence-corrected chi connectivity index (χ0v) is 17.1. The number of rotatable bonds is 4. The van der Waals surface area contributed by atoms with Crippen molar-refractivity contribution in [2.75, 3.05) is 18.0 Å². The number of aliphatic carboxylic acids is 1. The number of anilines is 1. The molecule has 0 aromatic heterocycles. The third-order valence-electron chi connectivity index (χ3n) is 6.71. The molecule has 0 aliphatic carbocycles. The molecule has 3 fully saturated rings. The van der Waals surface area contributed by atoms with Crippen molar-refractivity contribution in [3.8, 4) is 0 Å². The fourth-order valence-corrected chi connectivity index (χ4v) is 5.29. The average Bonchev–Trinajstić information content (AvgIpc) is 3.30. The molecule has 1 unspecified atom stereocenters. The highest BCUT2D eigenvalue weighted by Gasteiger charge is 2.64. The number of hydrogen-bond acceptors (Lipinski definition) is 6.